The number of carbonyl (C=O) groups is 1. The molecule has 110 valence electrons. The Balaban J connectivity index is 2.59. The van der Waals surface area contributed by atoms with E-state index < -0.39 is 11.7 Å². The summed E-state index contributed by atoms with van der Waals surface area (Å²) < 4.78 is 39.7. The van der Waals surface area contributed by atoms with E-state index in [4.69, 9.17) is 5.11 Å². The molecule has 20 heavy (non-hydrogen) atoms. The van der Waals surface area contributed by atoms with Crippen molar-refractivity contribution in [2.24, 2.45) is 0 Å². The van der Waals surface area contributed by atoms with Gasteiger partial charge in [-0.1, -0.05) is 18.2 Å². The van der Waals surface area contributed by atoms with Crippen molar-refractivity contribution in [1.29, 1.82) is 0 Å². The minimum atomic E-state index is -4.69. The average Bonchev–Trinajstić information content (AvgIpc) is 2.33. The zero-order valence-electron chi connectivity index (χ0n) is 10.6. The lowest BCUT2D eigenvalue weighted by Crippen LogP contribution is -2.16. The van der Waals surface area contributed by atoms with E-state index in [1.807, 2.05) is 13.0 Å². The van der Waals surface area contributed by atoms with Crippen LogP contribution in [-0.2, 0) is 0 Å². The first-order chi connectivity index (χ1) is 9.28. The topological polar surface area (TPSA) is 46.5 Å². The lowest BCUT2D eigenvalue weighted by Gasteiger charge is -2.09. The predicted octanol–water partition coefficient (Wildman–Crippen LogP) is 4.79. The van der Waals surface area contributed by atoms with Crippen LogP contribution in [0.3, 0.4) is 0 Å². The normalized spacial score (nSPS) is 12.3. The lowest BCUT2D eigenvalue weighted by atomic mass is 10.1. The van der Waals surface area contributed by atoms with Gasteiger partial charge in [-0.25, -0.2) is 4.79 Å². The van der Waals surface area contributed by atoms with Gasteiger partial charge in [0.2, 0.25) is 0 Å². The number of hydrogen-bond acceptors (Lipinski definition) is 3. The Morgan fingerprint density at radius 1 is 1.35 bits per heavy atom. The van der Waals surface area contributed by atoms with Crippen LogP contribution in [0.25, 0.3) is 5.57 Å². The molecule has 0 aliphatic carbocycles. The number of halogens is 3. The molecule has 3 nitrogen and oxygen atoms in total. The van der Waals surface area contributed by atoms with Crippen LogP contribution in [0.5, 0.6) is 5.75 Å². The quantitative estimate of drug-likeness (QED) is 0.794. The molecule has 7 heteroatoms. The zero-order valence-corrected chi connectivity index (χ0v) is 11.4. The van der Waals surface area contributed by atoms with Crippen LogP contribution in [0.1, 0.15) is 18.9 Å². The van der Waals surface area contributed by atoms with Crippen molar-refractivity contribution in [3.8, 4) is 5.75 Å². The summed E-state index contributed by atoms with van der Waals surface area (Å²) in [6.45, 7) is 1.81. The van der Waals surface area contributed by atoms with Gasteiger partial charge in [-0.15, -0.1) is 13.2 Å². The van der Waals surface area contributed by atoms with Gasteiger partial charge in [0.05, 0.1) is 0 Å². The number of carboxylic acid groups (broad SMARTS) is 1. The Bertz CT molecular complexity index is 481. The van der Waals surface area contributed by atoms with E-state index in [-0.39, 0.29) is 5.75 Å². The first-order valence-electron chi connectivity index (χ1n) is 5.66. The first-order valence-corrected chi connectivity index (χ1v) is 6.65. The fraction of sp³-hybridized carbons (Fsp3) is 0.308. The van der Waals surface area contributed by atoms with Crippen molar-refractivity contribution in [1.82, 2.24) is 0 Å². The van der Waals surface area contributed by atoms with Gasteiger partial charge in [0.25, 0.3) is 0 Å². The molecule has 1 N–H and O–H groups in total. The highest BCUT2D eigenvalue weighted by Gasteiger charge is 2.30. The van der Waals surface area contributed by atoms with Gasteiger partial charge in [0, 0.05) is 5.75 Å². The maximum atomic E-state index is 12.0. The Kier molecular flexibility index (Phi) is 5.94. The van der Waals surface area contributed by atoms with E-state index in [0.29, 0.717) is 12.2 Å². The third-order valence-corrected chi connectivity index (χ3v) is 3.02. The van der Waals surface area contributed by atoms with Gasteiger partial charge < -0.3 is 9.84 Å². The van der Waals surface area contributed by atoms with Crippen LogP contribution in [0.2, 0.25) is 0 Å². The molecule has 1 aromatic carbocycles. The summed E-state index contributed by atoms with van der Waals surface area (Å²) in [5.74, 6) is 0.178. The van der Waals surface area contributed by atoms with Crippen LogP contribution in [0.15, 0.2) is 30.3 Å². The standard InChI is InChI=1S/C13H13F3O3S/c1-9(3-2-8-20-12(17)18)10-4-6-11(7-5-10)19-13(14,15)16/h3-7H,2,8H2,1H3,(H,17,18)/b9-3+. The molecule has 0 amide bonds. The van der Waals surface area contributed by atoms with Crippen molar-refractivity contribution in [2.75, 3.05) is 5.75 Å². The summed E-state index contributed by atoms with van der Waals surface area (Å²) in [6.07, 6.45) is -2.28. The Hall–Kier alpha value is -1.63. The maximum absolute atomic E-state index is 12.0. The molecule has 0 spiro atoms. The first kappa shape index (κ1) is 16.4. The third-order valence-electron chi connectivity index (χ3n) is 2.34. The van der Waals surface area contributed by atoms with Gasteiger partial charge in [0.1, 0.15) is 5.75 Å². The minimum absolute atomic E-state index is 0.268. The molecule has 0 bridgehead atoms. The number of thioether (sulfide) groups is 1. The molecule has 0 aliphatic rings. The Morgan fingerprint density at radius 2 is 1.95 bits per heavy atom. The molecule has 0 radical (unpaired) electrons. The van der Waals surface area contributed by atoms with Crippen molar-refractivity contribution in [3.63, 3.8) is 0 Å². The monoisotopic (exact) mass is 306 g/mol. The fourth-order valence-corrected chi connectivity index (χ4v) is 1.87. The molecular weight excluding hydrogens is 293 g/mol. The molecular formula is C13H13F3O3S. The highest BCUT2D eigenvalue weighted by atomic mass is 32.2. The number of hydrogen-bond donors (Lipinski definition) is 1. The number of alkyl halides is 3. The molecule has 0 unspecified atom stereocenters. The number of benzene rings is 1. The maximum Gasteiger partial charge on any atom is 0.573 e. The van der Waals surface area contributed by atoms with E-state index in [2.05, 4.69) is 4.74 Å². The van der Waals surface area contributed by atoms with E-state index >= 15 is 0 Å². The molecule has 0 aromatic heterocycles. The van der Waals surface area contributed by atoms with Crippen molar-refractivity contribution in [3.05, 3.63) is 35.9 Å². The summed E-state index contributed by atoms with van der Waals surface area (Å²) in [6, 6.07) is 5.53. The van der Waals surface area contributed by atoms with Gasteiger partial charge >= 0.3 is 11.7 Å². The van der Waals surface area contributed by atoms with E-state index in [1.165, 1.54) is 24.3 Å². The number of allylic oxidation sites excluding steroid dienone is 2. The molecule has 0 saturated heterocycles. The van der Waals surface area contributed by atoms with Gasteiger partial charge in [-0.05, 0) is 48.4 Å². The molecule has 0 fully saturated rings. The zero-order chi connectivity index (χ0) is 15.2. The highest BCUT2D eigenvalue weighted by Crippen LogP contribution is 2.24. The second-order valence-corrected chi connectivity index (χ2v) is 4.91. The highest BCUT2D eigenvalue weighted by molar-refractivity contribution is 8.13. The minimum Gasteiger partial charge on any atom is -0.473 e. The molecule has 1 rings (SSSR count). The number of rotatable bonds is 5. The third kappa shape index (κ3) is 6.51. The van der Waals surface area contributed by atoms with E-state index in [0.717, 1.165) is 22.9 Å². The SMILES string of the molecule is C/C(=C\CCSC(=O)O)c1ccc(OC(F)(F)F)cc1. The van der Waals surface area contributed by atoms with Gasteiger partial charge in [-0.3, -0.25) is 0 Å². The largest absolute Gasteiger partial charge is 0.573 e. The molecule has 0 atom stereocenters. The van der Waals surface area contributed by atoms with E-state index in [9.17, 15) is 18.0 Å². The van der Waals surface area contributed by atoms with E-state index in [1.54, 1.807) is 0 Å². The Morgan fingerprint density at radius 3 is 2.45 bits per heavy atom. The molecule has 1 aromatic rings. The second-order valence-electron chi connectivity index (χ2n) is 3.86. The average molecular weight is 306 g/mol. The molecule has 0 heterocycles. The summed E-state index contributed by atoms with van der Waals surface area (Å²) >= 11 is 0.804. The van der Waals surface area contributed by atoms with Crippen LogP contribution in [-0.4, -0.2) is 22.5 Å². The molecule has 0 aliphatic heterocycles. The fourth-order valence-electron chi connectivity index (χ4n) is 1.46. The summed E-state index contributed by atoms with van der Waals surface area (Å²) in [5.41, 5.74) is 1.63. The van der Waals surface area contributed by atoms with Crippen molar-refractivity contribution in [2.45, 2.75) is 19.7 Å². The van der Waals surface area contributed by atoms with Crippen LogP contribution < -0.4 is 4.74 Å². The van der Waals surface area contributed by atoms with Gasteiger partial charge in [-0.2, -0.15) is 0 Å². The summed E-state index contributed by atoms with van der Waals surface area (Å²) in [7, 11) is 0. The summed E-state index contributed by atoms with van der Waals surface area (Å²) in [4.78, 5) is 10.3. The smallest absolute Gasteiger partial charge is 0.473 e. The Labute approximate surface area is 118 Å². The molecule has 0 saturated carbocycles. The van der Waals surface area contributed by atoms with Crippen molar-refractivity contribution >= 4 is 22.6 Å². The lowest BCUT2D eigenvalue weighted by molar-refractivity contribution is -0.274. The van der Waals surface area contributed by atoms with Crippen molar-refractivity contribution < 1.29 is 27.8 Å². The van der Waals surface area contributed by atoms with Crippen LogP contribution >= 0.6 is 11.8 Å². The second kappa shape index (κ2) is 7.23. The predicted molar refractivity (Wildman–Crippen MR) is 71.9 cm³/mol. The van der Waals surface area contributed by atoms with Crippen LogP contribution in [0, 0.1) is 0 Å². The summed E-state index contributed by atoms with van der Waals surface area (Å²) in [5, 5.41) is 7.53. The van der Waals surface area contributed by atoms with Crippen LogP contribution in [0.4, 0.5) is 18.0 Å². The van der Waals surface area contributed by atoms with Gasteiger partial charge in [0.15, 0.2) is 0 Å². The number of ether oxygens (including phenoxy) is 1.